The second kappa shape index (κ2) is 10.9. The molecule has 4 heteroatoms. The first-order chi connectivity index (χ1) is 23.8. The fourth-order valence-electron chi connectivity index (χ4n) is 7.41. The summed E-state index contributed by atoms with van der Waals surface area (Å²) in [5.74, 6) is 0. The molecule has 0 aliphatic rings. The number of aromatic nitrogens is 2. The third kappa shape index (κ3) is 4.01. The second-order valence-electron chi connectivity index (χ2n) is 11.9. The van der Waals surface area contributed by atoms with E-state index in [2.05, 4.69) is 130 Å². The van der Waals surface area contributed by atoms with Gasteiger partial charge in [0.25, 0.3) is 0 Å². The van der Waals surface area contributed by atoms with Crippen molar-refractivity contribution in [3.63, 3.8) is 0 Å². The molecule has 0 radical (unpaired) electrons. The lowest BCUT2D eigenvalue weighted by atomic mass is 9.89. The molecule has 0 spiro atoms. The Morgan fingerprint density at radius 2 is 0.812 bits per heavy atom. The Labute approximate surface area is 277 Å². The standard InChI is InChI=1S/C44H26N4/c45-27-30-11-9-17-37(38-18-10-12-31(28-46)44(38)48-41-21-7-3-15-35(41)36-16-4-8-22-42(36)48)43(30)29-23-25-32(26-24-29)47-39-19-5-1-13-33(39)34-14-2-6-20-40(34)47/h1-26H. The molecule has 9 rings (SSSR count). The molecule has 4 nitrogen and oxygen atoms in total. The lowest BCUT2D eigenvalue weighted by Crippen LogP contribution is -2.02. The third-order valence-electron chi connectivity index (χ3n) is 9.43. The van der Waals surface area contributed by atoms with Gasteiger partial charge in [0.1, 0.15) is 6.07 Å². The van der Waals surface area contributed by atoms with Crippen molar-refractivity contribution in [1.29, 1.82) is 10.5 Å². The van der Waals surface area contributed by atoms with E-state index < -0.39 is 0 Å². The Balaban J connectivity index is 1.28. The molecule has 2 aromatic heterocycles. The van der Waals surface area contributed by atoms with Gasteiger partial charge in [-0.25, -0.2) is 0 Å². The summed E-state index contributed by atoms with van der Waals surface area (Å²) in [5, 5.41) is 25.6. The van der Waals surface area contributed by atoms with Crippen molar-refractivity contribution in [3.05, 3.63) is 169 Å². The van der Waals surface area contributed by atoms with Gasteiger partial charge in [-0.05, 0) is 59.7 Å². The summed E-state index contributed by atoms with van der Waals surface area (Å²) < 4.78 is 4.50. The van der Waals surface area contributed by atoms with Gasteiger partial charge in [-0.3, -0.25) is 0 Å². The van der Waals surface area contributed by atoms with Crippen LogP contribution in [0.1, 0.15) is 11.1 Å². The van der Waals surface area contributed by atoms with Crippen LogP contribution in [0.25, 0.3) is 77.2 Å². The van der Waals surface area contributed by atoms with Crippen LogP contribution in [-0.2, 0) is 0 Å². The maximum Gasteiger partial charge on any atom is 0.101 e. The Kier molecular flexibility index (Phi) is 6.22. The number of nitrogens with zero attached hydrogens (tertiary/aromatic N) is 4. The molecule has 7 aromatic carbocycles. The van der Waals surface area contributed by atoms with E-state index in [1.54, 1.807) is 0 Å². The normalized spacial score (nSPS) is 11.3. The van der Waals surface area contributed by atoms with Gasteiger partial charge in [0.05, 0.1) is 45.0 Å². The van der Waals surface area contributed by atoms with Gasteiger partial charge in [-0.1, -0.05) is 109 Å². The van der Waals surface area contributed by atoms with Gasteiger partial charge < -0.3 is 9.13 Å². The van der Waals surface area contributed by atoms with Gasteiger partial charge in [-0.2, -0.15) is 10.5 Å². The van der Waals surface area contributed by atoms with Crippen LogP contribution in [-0.4, -0.2) is 9.13 Å². The SMILES string of the molecule is N#Cc1cccc(-c2cccc(C#N)c2-n2c3ccccc3c3ccccc32)c1-c1ccc(-n2c3ccccc3c3ccccc32)cc1. The average Bonchev–Trinajstić information content (AvgIpc) is 3.67. The van der Waals surface area contributed by atoms with E-state index in [4.69, 9.17) is 0 Å². The minimum absolute atomic E-state index is 0.564. The summed E-state index contributed by atoms with van der Waals surface area (Å²) in [5.41, 5.74) is 10.9. The highest BCUT2D eigenvalue weighted by molar-refractivity contribution is 6.11. The molecule has 0 saturated carbocycles. The van der Waals surface area contributed by atoms with E-state index in [9.17, 15) is 10.5 Å². The van der Waals surface area contributed by atoms with E-state index in [0.29, 0.717) is 11.1 Å². The van der Waals surface area contributed by atoms with Gasteiger partial charge in [-0.15, -0.1) is 0 Å². The zero-order valence-corrected chi connectivity index (χ0v) is 25.8. The first-order valence-electron chi connectivity index (χ1n) is 15.9. The predicted molar refractivity (Wildman–Crippen MR) is 195 cm³/mol. The molecular weight excluding hydrogens is 585 g/mol. The molecular formula is C44H26N4. The number of rotatable bonds is 4. The summed E-state index contributed by atoms with van der Waals surface area (Å²) >= 11 is 0. The van der Waals surface area contributed by atoms with Gasteiger partial charge in [0.15, 0.2) is 0 Å². The predicted octanol–water partition coefficient (Wildman–Crippen LogP) is 11.0. The lowest BCUT2D eigenvalue weighted by Gasteiger charge is -2.19. The molecule has 0 saturated heterocycles. The number of hydrogen-bond donors (Lipinski definition) is 0. The topological polar surface area (TPSA) is 57.4 Å². The molecule has 2 heterocycles. The molecule has 0 fully saturated rings. The van der Waals surface area contributed by atoms with Gasteiger partial charge >= 0.3 is 0 Å². The maximum atomic E-state index is 10.5. The molecule has 222 valence electrons. The summed E-state index contributed by atoms with van der Waals surface area (Å²) in [6, 6.07) is 58.7. The zero-order chi connectivity index (χ0) is 32.2. The first kappa shape index (κ1) is 27.4. The molecule has 0 atom stereocenters. The molecule has 0 bridgehead atoms. The van der Waals surface area contributed by atoms with Crippen LogP contribution in [0.3, 0.4) is 0 Å². The number of benzene rings is 7. The van der Waals surface area contributed by atoms with Crippen LogP contribution < -0.4 is 0 Å². The Morgan fingerprint density at radius 3 is 1.31 bits per heavy atom. The molecule has 9 aromatic rings. The van der Waals surface area contributed by atoms with E-state index in [-0.39, 0.29) is 0 Å². The Morgan fingerprint density at radius 1 is 0.375 bits per heavy atom. The van der Waals surface area contributed by atoms with Crippen LogP contribution in [0.15, 0.2) is 158 Å². The first-order valence-corrected chi connectivity index (χ1v) is 15.9. The van der Waals surface area contributed by atoms with Crippen molar-refractivity contribution in [3.8, 4) is 45.8 Å². The van der Waals surface area contributed by atoms with Gasteiger partial charge in [0.2, 0.25) is 0 Å². The molecule has 0 unspecified atom stereocenters. The summed E-state index contributed by atoms with van der Waals surface area (Å²) in [4.78, 5) is 0. The highest BCUT2D eigenvalue weighted by Crippen LogP contribution is 2.42. The number of nitriles is 2. The highest BCUT2D eigenvalue weighted by Gasteiger charge is 2.22. The number of hydrogen-bond acceptors (Lipinski definition) is 2. The van der Waals surface area contributed by atoms with E-state index in [1.807, 2.05) is 48.5 Å². The van der Waals surface area contributed by atoms with Crippen LogP contribution in [0.4, 0.5) is 0 Å². The highest BCUT2D eigenvalue weighted by atomic mass is 15.0. The zero-order valence-electron chi connectivity index (χ0n) is 25.8. The Bertz CT molecular complexity index is 2690. The Hall–Kier alpha value is -6.88. The largest absolute Gasteiger partial charge is 0.309 e. The minimum atomic E-state index is 0.564. The van der Waals surface area contributed by atoms with E-state index in [1.165, 1.54) is 10.8 Å². The molecule has 0 aliphatic carbocycles. The van der Waals surface area contributed by atoms with Crippen molar-refractivity contribution in [2.24, 2.45) is 0 Å². The third-order valence-corrected chi connectivity index (χ3v) is 9.43. The molecule has 0 N–H and O–H groups in total. The van der Waals surface area contributed by atoms with Crippen molar-refractivity contribution in [1.82, 2.24) is 9.13 Å². The number of para-hydroxylation sites is 5. The molecule has 0 amide bonds. The van der Waals surface area contributed by atoms with Gasteiger partial charge in [0, 0.05) is 38.4 Å². The van der Waals surface area contributed by atoms with E-state index in [0.717, 1.165) is 66.5 Å². The quantitative estimate of drug-likeness (QED) is 0.199. The van der Waals surface area contributed by atoms with Crippen molar-refractivity contribution in [2.45, 2.75) is 0 Å². The number of fused-ring (bicyclic) bond motifs is 6. The van der Waals surface area contributed by atoms with Crippen molar-refractivity contribution >= 4 is 43.6 Å². The molecule has 48 heavy (non-hydrogen) atoms. The maximum absolute atomic E-state index is 10.5. The van der Waals surface area contributed by atoms with Crippen LogP contribution in [0.5, 0.6) is 0 Å². The minimum Gasteiger partial charge on any atom is -0.309 e. The monoisotopic (exact) mass is 610 g/mol. The fraction of sp³-hybridized carbons (Fsp3) is 0. The summed E-state index contributed by atoms with van der Waals surface area (Å²) in [6.45, 7) is 0. The smallest absolute Gasteiger partial charge is 0.101 e. The van der Waals surface area contributed by atoms with Crippen molar-refractivity contribution in [2.75, 3.05) is 0 Å². The summed E-state index contributed by atoms with van der Waals surface area (Å²) in [7, 11) is 0. The average molecular weight is 611 g/mol. The molecule has 0 aliphatic heterocycles. The van der Waals surface area contributed by atoms with E-state index >= 15 is 0 Å². The summed E-state index contributed by atoms with van der Waals surface area (Å²) in [6.07, 6.45) is 0. The van der Waals surface area contributed by atoms with Crippen LogP contribution in [0, 0.1) is 22.7 Å². The lowest BCUT2D eigenvalue weighted by molar-refractivity contribution is 1.17. The van der Waals surface area contributed by atoms with Crippen LogP contribution >= 0.6 is 0 Å². The van der Waals surface area contributed by atoms with Crippen molar-refractivity contribution < 1.29 is 0 Å². The fourth-order valence-corrected chi connectivity index (χ4v) is 7.41. The second-order valence-corrected chi connectivity index (χ2v) is 11.9. The van der Waals surface area contributed by atoms with Crippen LogP contribution in [0.2, 0.25) is 0 Å².